The van der Waals surface area contributed by atoms with Crippen LogP contribution in [0.1, 0.15) is 5.69 Å². The highest BCUT2D eigenvalue weighted by Gasteiger charge is 1.85. The zero-order valence-electron chi connectivity index (χ0n) is 4.87. The number of nitrogens with zero attached hydrogens (tertiary/aromatic N) is 2. The summed E-state index contributed by atoms with van der Waals surface area (Å²) in [6.07, 6.45) is 1.53. The highest BCUT2D eigenvalue weighted by atomic mass is 32.1. The molecule has 1 aromatic heterocycles. The second-order valence-electron chi connectivity index (χ2n) is 1.28. The summed E-state index contributed by atoms with van der Waals surface area (Å²) in [6.45, 7) is 0. The lowest BCUT2D eigenvalue weighted by atomic mass is 10.6. The second kappa shape index (κ2) is 3.19. The van der Waals surface area contributed by atoms with E-state index in [1.807, 2.05) is 5.38 Å². The lowest BCUT2D eigenvalue weighted by molar-refractivity contribution is 0.215. The van der Waals surface area contributed by atoms with Gasteiger partial charge in [-0.3, -0.25) is 0 Å². The zero-order valence-corrected chi connectivity index (χ0v) is 5.68. The molecule has 1 heterocycles. The summed E-state index contributed by atoms with van der Waals surface area (Å²) in [4.78, 5) is 8.25. The van der Waals surface area contributed by atoms with E-state index in [4.69, 9.17) is 0 Å². The second-order valence-corrected chi connectivity index (χ2v) is 1.93. The molecule has 47 valence electrons. The van der Waals surface area contributed by atoms with Gasteiger partial charge >= 0.3 is 0 Å². The maximum absolute atomic E-state index is 4.44. The predicted octanol–water partition coefficient (Wildman–Crippen LogP) is 0.924. The monoisotopic (exact) mass is 141 g/mol. The Bertz CT molecular complexity index is 183. The highest BCUT2D eigenvalue weighted by molar-refractivity contribution is 7.07. The molecular weight excluding hydrogens is 136 g/mol. The van der Waals surface area contributed by atoms with Gasteiger partial charge in [-0.2, -0.15) is 0 Å². The van der Waals surface area contributed by atoms with Crippen LogP contribution in [0.15, 0.2) is 10.5 Å². The maximum Gasteiger partial charge on any atom is 0.152 e. The predicted molar refractivity (Wildman–Crippen MR) is 35.6 cm³/mol. The van der Waals surface area contributed by atoms with E-state index in [-0.39, 0.29) is 0 Å². The van der Waals surface area contributed by atoms with E-state index in [9.17, 15) is 0 Å². The van der Waals surface area contributed by atoms with Crippen molar-refractivity contribution in [1.29, 1.82) is 0 Å². The molecule has 0 N–H and O–H groups in total. The lowest BCUT2D eigenvalue weighted by Crippen LogP contribution is -1.78. The summed E-state index contributed by atoms with van der Waals surface area (Å²) in [5.74, 6) is 0. The number of hydrogen-bond donors (Lipinski definition) is 0. The standard InChI is InChI=1S/C5H5N2OS/c1-8-7-2-5-3-9-4-6-5/h2-3H,1H3. The van der Waals surface area contributed by atoms with E-state index < -0.39 is 0 Å². The van der Waals surface area contributed by atoms with Crippen molar-refractivity contribution in [2.45, 2.75) is 0 Å². The third-order valence-electron chi connectivity index (χ3n) is 0.698. The molecule has 0 aliphatic heterocycles. The largest absolute Gasteiger partial charge is 0.399 e. The fourth-order valence-corrected chi connectivity index (χ4v) is 0.803. The van der Waals surface area contributed by atoms with Crippen LogP contribution in [0.2, 0.25) is 0 Å². The first-order valence-corrected chi connectivity index (χ1v) is 3.19. The zero-order chi connectivity index (χ0) is 6.53. The van der Waals surface area contributed by atoms with Crippen LogP contribution in [0, 0.1) is 5.51 Å². The third kappa shape index (κ3) is 1.81. The summed E-state index contributed by atoms with van der Waals surface area (Å²) in [6, 6.07) is 0. The van der Waals surface area contributed by atoms with Gasteiger partial charge in [0.15, 0.2) is 5.51 Å². The summed E-state index contributed by atoms with van der Waals surface area (Å²) in [7, 11) is 1.49. The van der Waals surface area contributed by atoms with E-state index in [0.717, 1.165) is 5.69 Å². The minimum Gasteiger partial charge on any atom is -0.399 e. The quantitative estimate of drug-likeness (QED) is 0.453. The molecule has 0 saturated heterocycles. The van der Waals surface area contributed by atoms with Gasteiger partial charge in [-0.05, 0) is 0 Å². The molecule has 0 aliphatic carbocycles. The van der Waals surface area contributed by atoms with Crippen molar-refractivity contribution in [3.63, 3.8) is 0 Å². The van der Waals surface area contributed by atoms with Crippen LogP contribution in [0.4, 0.5) is 0 Å². The van der Waals surface area contributed by atoms with Crippen molar-refractivity contribution in [1.82, 2.24) is 4.98 Å². The molecule has 4 heteroatoms. The average molecular weight is 141 g/mol. The molecular formula is C5H5N2OS. The van der Waals surface area contributed by atoms with Crippen LogP contribution in [0.25, 0.3) is 0 Å². The number of aromatic nitrogens is 1. The van der Waals surface area contributed by atoms with Crippen molar-refractivity contribution >= 4 is 17.6 Å². The van der Waals surface area contributed by atoms with Crippen LogP contribution < -0.4 is 0 Å². The molecule has 0 spiro atoms. The van der Waals surface area contributed by atoms with Crippen LogP contribution in [0.3, 0.4) is 0 Å². The number of rotatable bonds is 2. The first-order valence-electron chi connectivity index (χ1n) is 2.31. The van der Waals surface area contributed by atoms with E-state index in [1.165, 1.54) is 24.7 Å². The maximum atomic E-state index is 4.44. The summed E-state index contributed by atoms with van der Waals surface area (Å²) in [5, 5.41) is 5.35. The Morgan fingerprint density at radius 2 is 2.89 bits per heavy atom. The van der Waals surface area contributed by atoms with E-state index in [1.54, 1.807) is 0 Å². The Morgan fingerprint density at radius 1 is 2.00 bits per heavy atom. The fraction of sp³-hybridized carbons (Fsp3) is 0.200. The topological polar surface area (TPSA) is 34.5 Å². The molecule has 1 radical (unpaired) electrons. The fourth-order valence-electron chi connectivity index (χ4n) is 0.358. The Hall–Kier alpha value is -0.900. The smallest absolute Gasteiger partial charge is 0.152 e. The molecule has 0 aromatic carbocycles. The molecule has 0 unspecified atom stereocenters. The molecule has 1 aromatic rings. The summed E-state index contributed by atoms with van der Waals surface area (Å²) >= 11 is 1.41. The minimum absolute atomic E-state index is 0.779. The first-order chi connectivity index (χ1) is 4.43. The molecule has 1 rings (SSSR count). The van der Waals surface area contributed by atoms with Crippen LogP contribution >= 0.6 is 11.3 Å². The van der Waals surface area contributed by atoms with Crippen molar-refractivity contribution < 1.29 is 4.84 Å². The molecule has 0 saturated carbocycles. The van der Waals surface area contributed by atoms with Crippen LogP contribution in [-0.4, -0.2) is 18.3 Å². The van der Waals surface area contributed by atoms with Gasteiger partial charge in [0.1, 0.15) is 7.11 Å². The normalized spacial score (nSPS) is 10.3. The number of oxime groups is 1. The SMILES string of the molecule is CON=Cc1cs[c]n1. The van der Waals surface area contributed by atoms with Gasteiger partial charge in [-0.25, -0.2) is 4.98 Å². The van der Waals surface area contributed by atoms with E-state index >= 15 is 0 Å². The van der Waals surface area contributed by atoms with Crippen molar-refractivity contribution in [3.05, 3.63) is 16.6 Å². The molecule has 0 amide bonds. The molecule has 9 heavy (non-hydrogen) atoms. The van der Waals surface area contributed by atoms with Crippen molar-refractivity contribution in [2.24, 2.45) is 5.16 Å². The van der Waals surface area contributed by atoms with Crippen LogP contribution in [-0.2, 0) is 4.84 Å². The number of hydrogen-bond acceptors (Lipinski definition) is 4. The molecule has 3 nitrogen and oxygen atoms in total. The third-order valence-corrected chi connectivity index (χ3v) is 1.25. The Labute approximate surface area is 57.0 Å². The molecule has 0 atom stereocenters. The van der Waals surface area contributed by atoms with Gasteiger partial charge in [0.25, 0.3) is 0 Å². The Morgan fingerprint density at radius 3 is 3.44 bits per heavy atom. The van der Waals surface area contributed by atoms with Gasteiger partial charge in [-0.15, -0.1) is 11.3 Å². The molecule has 0 aliphatic rings. The Balaban J connectivity index is 2.57. The minimum atomic E-state index is 0.779. The van der Waals surface area contributed by atoms with E-state index in [2.05, 4.69) is 20.5 Å². The van der Waals surface area contributed by atoms with Gasteiger partial charge in [0, 0.05) is 5.38 Å². The van der Waals surface area contributed by atoms with Gasteiger partial charge in [0.2, 0.25) is 0 Å². The summed E-state index contributed by atoms with van der Waals surface area (Å²) in [5.41, 5.74) is 3.46. The summed E-state index contributed by atoms with van der Waals surface area (Å²) < 4.78 is 0. The highest BCUT2D eigenvalue weighted by Crippen LogP contribution is 1.95. The Kier molecular flexibility index (Phi) is 2.21. The average Bonchev–Trinajstić information content (AvgIpc) is 2.34. The number of thiazole rings is 1. The molecule has 0 bridgehead atoms. The molecule has 0 fully saturated rings. The van der Waals surface area contributed by atoms with Gasteiger partial charge < -0.3 is 4.84 Å². The first kappa shape index (κ1) is 6.22. The van der Waals surface area contributed by atoms with Gasteiger partial charge in [0.05, 0.1) is 11.9 Å². The lowest BCUT2D eigenvalue weighted by Gasteiger charge is -1.80. The van der Waals surface area contributed by atoms with Gasteiger partial charge in [-0.1, -0.05) is 5.16 Å². The van der Waals surface area contributed by atoms with E-state index in [0.29, 0.717) is 0 Å². The van der Waals surface area contributed by atoms with Crippen LogP contribution in [0.5, 0.6) is 0 Å². The van der Waals surface area contributed by atoms with Crippen molar-refractivity contribution in [3.8, 4) is 0 Å². The van der Waals surface area contributed by atoms with Crippen molar-refractivity contribution in [2.75, 3.05) is 7.11 Å².